The van der Waals surface area contributed by atoms with E-state index in [1.54, 1.807) is 20.3 Å². The molecule has 16 heavy (non-hydrogen) atoms. The summed E-state index contributed by atoms with van der Waals surface area (Å²) in [5, 5.41) is 0. The van der Waals surface area contributed by atoms with Gasteiger partial charge in [-0.2, -0.15) is 0 Å². The molecule has 1 atom stereocenters. The van der Waals surface area contributed by atoms with Gasteiger partial charge in [-0.05, 0) is 18.6 Å². The molecule has 0 radical (unpaired) electrons. The molecule has 0 N–H and O–H groups in total. The SMILES string of the molecule is COC1=C(C)C=CC(OC)C(OC(C)=O)=C1. The highest BCUT2D eigenvalue weighted by molar-refractivity contribution is 5.67. The zero-order valence-electron chi connectivity index (χ0n) is 9.94. The van der Waals surface area contributed by atoms with Gasteiger partial charge in [0.2, 0.25) is 0 Å². The molecule has 4 heteroatoms. The number of methoxy groups -OCH3 is 2. The molecule has 1 aliphatic carbocycles. The summed E-state index contributed by atoms with van der Waals surface area (Å²) in [7, 11) is 3.13. The lowest BCUT2D eigenvalue weighted by Gasteiger charge is -2.13. The van der Waals surface area contributed by atoms with Crippen molar-refractivity contribution in [1.82, 2.24) is 0 Å². The minimum atomic E-state index is -0.378. The molecule has 0 aromatic heterocycles. The molecule has 0 heterocycles. The van der Waals surface area contributed by atoms with E-state index in [9.17, 15) is 4.79 Å². The predicted octanol–water partition coefficient (Wildman–Crippen LogP) is 1.94. The summed E-state index contributed by atoms with van der Waals surface area (Å²) in [5.74, 6) is 0.712. The number of rotatable bonds is 3. The van der Waals surface area contributed by atoms with Crippen LogP contribution in [-0.2, 0) is 19.0 Å². The van der Waals surface area contributed by atoms with E-state index in [1.807, 2.05) is 19.1 Å². The molecular weight excluding hydrogens is 208 g/mol. The molecule has 0 saturated heterocycles. The van der Waals surface area contributed by atoms with Gasteiger partial charge >= 0.3 is 5.97 Å². The van der Waals surface area contributed by atoms with Crippen LogP contribution in [0.4, 0.5) is 0 Å². The molecular formula is C12H16O4. The fraction of sp³-hybridized carbons (Fsp3) is 0.417. The Morgan fingerprint density at radius 1 is 1.38 bits per heavy atom. The maximum Gasteiger partial charge on any atom is 0.307 e. The third kappa shape index (κ3) is 2.97. The van der Waals surface area contributed by atoms with E-state index in [0.717, 1.165) is 5.57 Å². The Morgan fingerprint density at radius 3 is 2.56 bits per heavy atom. The number of hydrogen-bond acceptors (Lipinski definition) is 4. The van der Waals surface area contributed by atoms with Crippen molar-refractivity contribution in [3.05, 3.63) is 35.3 Å². The van der Waals surface area contributed by atoms with Crippen molar-refractivity contribution in [2.45, 2.75) is 20.0 Å². The molecule has 0 aromatic carbocycles. The highest BCUT2D eigenvalue weighted by atomic mass is 16.6. The van der Waals surface area contributed by atoms with Crippen LogP contribution in [0.25, 0.3) is 0 Å². The standard InChI is InChI=1S/C12H16O4/c1-8-5-6-10(14-3)12(16-9(2)13)7-11(8)15-4/h5-7,10H,1-4H3. The van der Waals surface area contributed by atoms with Crippen LogP contribution in [0.5, 0.6) is 0 Å². The molecule has 0 amide bonds. The average Bonchev–Trinajstić information content (AvgIpc) is 2.38. The Bertz CT molecular complexity index is 363. The Kier molecular flexibility index (Phi) is 4.31. The molecule has 0 aromatic rings. The normalized spacial score (nSPS) is 20.2. The van der Waals surface area contributed by atoms with Crippen LogP contribution in [0.2, 0.25) is 0 Å². The lowest BCUT2D eigenvalue weighted by molar-refractivity contribution is -0.138. The number of ether oxygens (including phenoxy) is 3. The van der Waals surface area contributed by atoms with Gasteiger partial charge in [-0.3, -0.25) is 4.79 Å². The Hall–Kier alpha value is -1.55. The zero-order chi connectivity index (χ0) is 12.1. The molecule has 1 unspecified atom stereocenters. The Labute approximate surface area is 95.2 Å². The molecule has 0 bridgehead atoms. The van der Waals surface area contributed by atoms with Gasteiger partial charge < -0.3 is 14.2 Å². The van der Waals surface area contributed by atoms with Crippen LogP contribution in [0, 0.1) is 0 Å². The second-order valence-corrected chi connectivity index (χ2v) is 3.41. The highest BCUT2D eigenvalue weighted by Gasteiger charge is 2.18. The van der Waals surface area contributed by atoms with E-state index in [2.05, 4.69) is 0 Å². The summed E-state index contributed by atoms with van der Waals surface area (Å²) in [6, 6.07) is 0. The summed E-state index contributed by atoms with van der Waals surface area (Å²) in [5.41, 5.74) is 0.951. The minimum absolute atomic E-state index is 0.369. The van der Waals surface area contributed by atoms with Gasteiger partial charge in [-0.15, -0.1) is 0 Å². The van der Waals surface area contributed by atoms with Crippen molar-refractivity contribution < 1.29 is 19.0 Å². The van der Waals surface area contributed by atoms with Gasteiger partial charge in [0.05, 0.1) is 7.11 Å². The van der Waals surface area contributed by atoms with Crippen LogP contribution in [0.1, 0.15) is 13.8 Å². The molecule has 0 saturated carbocycles. The first kappa shape index (κ1) is 12.5. The molecule has 0 aliphatic heterocycles. The van der Waals surface area contributed by atoms with Crippen molar-refractivity contribution in [2.75, 3.05) is 14.2 Å². The summed E-state index contributed by atoms with van der Waals surface area (Å²) in [6.45, 7) is 3.26. The van der Waals surface area contributed by atoms with E-state index in [-0.39, 0.29) is 12.1 Å². The van der Waals surface area contributed by atoms with Crippen molar-refractivity contribution in [2.24, 2.45) is 0 Å². The average molecular weight is 224 g/mol. The molecule has 0 fully saturated rings. The van der Waals surface area contributed by atoms with Gasteiger partial charge in [0.25, 0.3) is 0 Å². The van der Waals surface area contributed by atoms with Gasteiger partial charge in [-0.25, -0.2) is 0 Å². The zero-order valence-corrected chi connectivity index (χ0v) is 9.94. The van der Waals surface area contributed by atoms with Crippen molar-refractivity contribution in [3.63, 3.8) is 0 Å². The monoisotopic (exact) mass is 224 g/mol. The third-order valence-electron chi connectivity index (χ3n) is 2.20. The van der Waals surface area contributed by atoms with E-state index < -0.39 is 0 Å². The van der Waals surface area contributed by atoms with Crippen molar-refractivity contribution in [1.29, 1.82) is 0 Å². The first-order chi connectivity index (χ1) is 7.58. The molecule has 88 valence electrons. The van der Waals surface area contributed by atoms with E-state index in [4.69, 9.17) is 14.2 Å². The summed E-state index contributed by atoms with van der Waals surface area (Å²) in [6.07, 6.45) is 4.99. The van der Waals surface area contributed by atoms with Gasteiger partial charge in [-0.1, -0.05) is 6.08 Å². The van der Waals surface area contributed by atoms with Gasteiger partial charge in [0.15, 0.2) is 0 Å². The Morgan fingerprint density at radius 2 is 2.06 bits per heavy atom. The Balaban J connectivity index is 3.06. The summed E-state index contributed by atoms with van der Waals surface area (Å²) in [4.78, 5) is 11.0. The van der Waals surface area contributed by atoms with Crippen LogP contribution >= 0.6 is 0 Å². The lowest BCUT2D eigenvalue weighted by Crippen LogP contribution is -2.15. The topological polar surface area (TPSA) is 44.8 Å². The quantitative estimate of drug-likeness (QED) is 0.687. The van der Waals surface area contributed by atoms with Gasteiger partial charge in [0.1, 0.15) is 17.6 Å². The van der Waals surface area contributed by atoms with Crippen molar-refractivity contribution in [3.8, 4) is 0 Å². The molecule has 0 spiro atoms. The maximum absolute atomic E-state index is 11.0. The largest absolute Gasteiger partial charge is 0.496 e. The third-order valence-corrected chi connectivity index (χ3v) is 2.20. The molecule has 1 rings (SSSR count). The maximum atomic E-state index is 11.0. The van der Waals surface area contributed by atoms with Gasteiger partial charge in [0, 0.05) is 20.1 Å². The summed E-state index contributed by atoms with van der Waals surface area (Å²) >= 11 is 0. The first-order valence-electron chi connectivity index (χ1n) is 4.94. The number of esters is 1. The minimum Gasteiger partial charge on any atom is -0.496 e. The second kappa shape index (κ2) is 5.51. The predicted molar refractivity (Wildman–Crippen MR) is 59.5 cm³/mol. The molecule has 4 nitrogen and oxygen atoms in total. The number of hydrogen-bond donors (Lipinski definition) is 0. The number of carbonyl (C=O) groups excluding carboxylic acids is 1. The molecule has 1 aliphatic rings. The second-order valence-electron chi connectivity index (χ2n) is 3.41. The first-order valence-corrected chi connectivity index (χ1v) is 4.94. The van der Waals surface area contributed by atoms with E-state index in [1.165, 1.54) is 6.92 Å². The van der Waals surface area contributed by atoms with Crippen LogP contribution in [0.15, 0.2) is 35.3 Å². The fourth-order valence-electron chi connectivity index (χ4n) is 1.40. The smallest absolute Gasteiger partial charge is 0.307 e. The fourth-order valence-corrected chi connectivity index (χ4v) is 1.40. The van der Waals surface area contributed by atoms with E-state index in [0.29, 0.717) is 11.5 Å². The van der Waals surface area contributed by atoms with Crippen molar-refractivity contribution >= 4 is 5.97 Å². The number of carbonyl (C=O) groups is 1. The highest BCUT2D eigenvalue weighted by Crippen LogP contribution is 2.21. The lowest BCUT2D eigenvalue weighted by atomic mass is 10.2. The summed E-state index contributed by atoms with van der Waals surface area (Å²) < 4.78 is 15.5. The van der Waals surface area contributed by atoms with E-state index >= 15 is 0 Å². The van der Waals surface area contributed by atoms with Crippen LogP contribution in [0.3, 0.4) is 0 Å². The number of allylic oxidation sites excluding steroid dienone is 3. The van der Waals surface area contributed by atoms with Crippen LogP contribution < -0.4 is 0 Å². The van der Waals surface area contributed by atoms with Crippen LogP contribution in [-0.4, -0.2) is 26.3 Å².